The average molecular weight is 280 g/mol. The van der Waals surface area contributed by atoms with Gasteiger partial charge in [-0.25, -0.2) is 0 Å². The summed E-state index contributed by atoms with van der Waals surface area (Å²) in [7, 11) is 0. The number of benzene rings is 2. The first-order valence-corrected chi connectivity index (χ1v) is 7.73. The molecule has 0 N–H and O–H groups in total. The van der Waals surface area contributed by atoms with Crippen LogP contribution in [0.15, 0.2) is 48.5 Å². The second-order valence-corrected chi connectivity index (χ2v) is 6.15. The molecule has 0 fully saturated rings. The Morgan fingerprint density at radius 2 is 1.81 bits per heavy atom. The predicted molar refractivity (Wildman–Crippen MR) is 88.8 cm³/mol. The normalized spacial score (nSPS) is 10.9. The third-order valence-electron chi connectivity index (χ3n) is 3.78. The summed E-state index contributed by atoms with van der Waals surface area (Å²) in [5.74, 6) is 0.853. The first-order valence-electron chi connectivity index (χ1n) is 7.73. The number of hydrogen-bond donors (Lipinski definition) is 0. The van der Waals surface area contributed by atoms with E-state index >= 15 is 0 Å². The van der Waals surface area contributed by atoms with Gasteiger partial charge in [-0.15, -0.1) is 0 Å². The second-order valence-electron chi connectivity index (χ2n) is 6.15. The molecule has 0 aromatic heterocycles. The minimum atomic E-state index is 0.240. The SMILES string of the molecule is Cc1ccccc1CCC(=O)c1cccc(CC(C)C)c1. The molecule has 2 aromatic carbocycles. The van der Waals surface area contributed by atoms with Gasteiger partial charge in [-0.05, 0) is 48.4 Å². The maximum Gasteiger partial charge on any atom is 0.163 e. The van der Waals surface area contributed by atoms with Crippen LogP contribution in [0.25, 0.3) is 0 Å². The fourth-order valence-electron chi connectivity index (χ4n) is 2.63. The second kappa shape index (κ2) is 7.21. The van der Waals surface area contributed by atoms with Gasteiger partial charge >= 0.3 is 0 Å². The van der Waals surface area contributed by atoms with Crippen LogP contribution in [0.3, 0.4) is 0 Å². The number of Topliss-reactive ketones (excluding diaryl/α,β-unsaturated/α-hetero) is 1. The molecular weight excluding hydrogens is 256 g/mol. The first kappa shape index (κ1) is 15.5. The van der Waals surface area contributed by atoms with E-state index in [1.165, 1.54) is 16.7 Å². The van der Waals surface area contributed by atoms with Crippen molar-refractivity contribution in [1.82, 2.24) is 0 Å². The Morgan fingerprint density at radius 3 is 2.52 bits per heavy atom. The lowest BCUT2D eigenvalue weighted by Crippen LogP contribution is -2.03. The Hall–Kier alpha value is -1.89. The van der Waals surface area contributed by atoms with E-state index < -0.39 is 0 Å². The summed E-state index contributed by atoms with van der Waals surface area (Å²) < 4.78 is 0. The van der Waals surface area contributed by atoms with E-state index in [1.807, 2.05) is 24.3 Å². The molecule has 2 rings (SSSR count). The largest absolute Gasteiger partial charge is 0.294 e. The van der Waals surface area contributed by atoms with Crippen molar-refractivity contribution in [2.45, 2.75) is 40.0 Å². The number of carbonyl (C=O) groups excluding carboxylic acids is 1. The Labute approximate surface area is 128 Å². The van der Waals surface area contributed by atoms with Gasteiger partial charge in [0, 0.05) is 12.0 Å². The summed E-state index contributed by atoms with van der Waals surface area (Å²) in [6.07, 6.45) is 2.43. The standard InChI is InChI=1S/C20H24O/c1-15(2)13-17-8-6-10-19(14-17)20(21)12-11-18-9-5-4-7-16(18)3/h4-10,14-15H,11-13H2,1-3H3. The maximum atomic E-state index is 12.4. The van der Waals surface area contributed by atoms with E-state index in [0.29, 0.717) is 12.3 Å². The lowest BCUT2D eigenvalue weighted by atomic mass is 9.96. The highest BCUT2D eigenvalue weighted by Crippen LogP contribution is 2.15. The van der Waals surface area contributed by atoms with Crippen LogP contribution < -0.4 is 0 Å². The molecule has 0 atom stereocenters. The van der Waals surface area contributed by atoms with Gasteiger partial charge in [0.1, 0.15) is 0 Å². The molecule has 110 valence electrons. The summed E-state index contributed by atoms with van der Waals surface area (Å²) in [5, 5.41) is 0. The van der Waals surface area contributed by atoms with E-state index in [0.717, 1.165) is 18.4 Å². The number of carbonyl (C=O) groups is 1. The van der Waals surface area contributed by atoms with Crippen molar-refractivity contribution >= 4 is 5.78 Å². The minimum Gasteiger partial charge on any atom is -0.294 e. The average Bonchev–Trinajstić information content (AvgIpc) is 2.45. The van der Waals surface area contributed by atoms with Gasteiger partial charge in [0.2, 0.25) is 0 Å². The summed E-state index contributed by atoms with van der Waals surface area (Å²) in [4.78, 5) is 12.4. The third-order valence-corrected chi connectivity index (χ3v) is 3.78. The molecule has 0 amide bonds. The Balaban J connectivity index is 2.02. The fraction of sp³-hybridized carbons (Fsp3) is 0.350. The van der Waals surface area contributed by atoms with E-state index in [2.05, 4.69) is 45.0 Å². The predicted octanol–water partition coefficient (Wildman–Crippen LogP) is 5.01. The molecule has 1 nitrogen and oxygen atoms in total. The molecule has 0 spiro atoms. The number of aryl methyl sites for hydroxylation is 2. The number of ketones is 1. The molecule has 0 heterocycles. The molecule has 0 unspecified atom stereocenters. The molecule has 21 heavy (non-hydrogen) atoms. The van der Waals surface area contributed by atoms with Crippen molar-refractivity contribution in [1.29, 1.82) is 0 Å². The smallest absolute Gasteiger partial charge is 0.163 e. The van der Waals surface area contributed by atoms with Gasteiger partial charge in [-0.3, -0.25) is 4.79 Å². The minimum absolute atomic E-state index is 0.240. The molecule has 0 saturated carbocycles. The summed E-state index contributed by atoms with van der Waals surface area (Å²) >= 11 is 0. The van der Waals surface area contributed by atoms with Gasteiger partial charge in [0.25, 0.3) is 0 Å². The fourth-order valence-corrected chi connectivity index (χ4v) is 2.63. The topological polar surface area (TPSA) is 17.1 Å². The van der Waals surface area contributed by atoms with Gasteiger partial charge in [-0.1, -0.05) is 56.3 Å². The van der Waals surface area contributed by atoms with Crippen LogP contribution in [0.2, 0.25) is 0 Å². The van der Waals surface area contributed by atoms with Crippen molar-refractivity contribution in [2.75, 3.05) is 0 Å². The molecule has 0 aliphatic heterocycles. The number of rotatable bonds is 6. The van der Waals surface area contributed by atoms with E-state index in [9.17, 15) is 4.79 Å². The van der Waals surface area contributed by atoms with Crippen molar-refractivity contribution in [3.63, 3.8) is 0 Å². The quantitative estimate of drug-likeness (QED) is 0.680. The summed E-state index contributed by atoms with van der Waals surface area (Å²) in [6, 6.07) is 16.4. The van der Waals surface area contributed by atoms with Crippen LogP contribution in [-0.2, 0) is 12.8 Å². The Kier molecular flexibility index (Phi) is 5.32. The molecule has 2 aromatic rings. The highest BCUT2D eigenvalue weighted by atomic mass is 16.1. The van der Waals surface area contributed by atoms with E-state index in [-0.39, 0.29) is 5.78 Å². The maximum absolute atomic E-state index is 12.4. The van der Waals surface area contributed by atoms with Crippen molar-refractivity contribution in [2.24, 2.45) is 5.92 Å². The zero-order valence-electron chi connectivity index (χ0n) is 13.2. The monoisotopic (exact) mass is 280 g/mol. The van der Waals surface area contributed by atoms with Gasteiger partial charge < -0.3 is 0 Å². The Bertz CT molecular complexity index is 611. The van der Waals surface area contributed by atoms with Crippen molar-refractivity contribution in [3.05, 3.63) is 70.8 Å². The van der Waals surface area contributed by atoms with Crippen LogP contribution in [0.1, 0.15) is 47.3 Å². The van der Waals surface area contributed by atoms with E-state index in [1.54, 1.807) is 0 Å². The molecule has 0 aliphatic rings. The van der Waals surface area contributed by atoms with Crippen LogP contribution in [0, 0.1) is 12.8 Å². The van der Waals surface area contributed by atoms with Gasteiger partial charge in [0.05, 0.1) is 0 Å². The van der Waals surface area contributed by atoms with E-state index in [4.69, 9.17) is 0 Å². The zero-order valence-corrected chi connectivity index (χ0v) is 13.2. The van der Waals surface area contributed by atoms with Gasteiger partial charge in [0.15, 0.2) is 5.78 Å². The van der Waals surface area contributed by atoms with Crippen LogP contribution in [0.5, 0.6) is 0 Å². The molecule has 0 saturated heterocycles. The van der Waals surface area contributed by atoms with Crippen LogP contribution >= 0.6 is 0 Å². The van der Waals surface area contributed by atoms with Crippen molar-refractivity contribution in [3.8, 4) is 0 Å². The molecule has 0 aliphatic carbocycles. The third kappa shape index (κ3) is 4.56. The molecular formula is C20H24O. The molecule has 0 radical (unpaired) electrons. The summed E-state index contributed by atoms with van der Waals surface area (Å²) in [6.45, 7) is 6.50. The Morgan fingerprint density at radius 1 is 1.05 bits per heavy atom. The summed E-state index contributed by atoms with van der Waals surface area (Å²) in [5.41, 5.74) is 4.64. The molecule has 1 heteroatoms. The van der Waals surface area contributed by atoms with Crippen LogP contribution in [-0.4, -0.2) is 5.78 Å². The highest BCUT2D eigenvalue weighted by molar-refractivity contribution is 5.96. The molecule has 0 bridgehead atoms. The van der Waals surface area contributed by atoms with Crippen molar-refractivity contribution < 1.29 is 4.79 Å². The lowest BCUT2D eigenvalue weighted by Gasteiger charge is -2.08. The number of hydrogen-bond acceptors (Lipinski definition) is 1. The zero-order chi connectivity index (χ0) is 15.2. The van der Waals surface area contributed by atoms with Gasteiger partial charge in [-0.2, -0.15) is 0 Å². The lowest BCUT2D eigenvalue weighted by molar-refractivity contribution is 0.0982. The first-order chi connectivity index (χ1) is 10.1. The van der Waals surface area contributed by atoms with Crippen LogP contribution in [0.4, 0.5) is 0 Å². The highest BCUT2D eigenvalue weighted by Gasteiger charge is 2.08.